The molecule has 0 aromatic heterocycles. The fourth-order valence-corrected chi connectivity index (χ4v) is 2.38. The quantitative estimate of drug-likeness (QED) is 0.807. The molecular formula is C14H19Cl2N3O3. The summed E-state index contributed by atoms with van der Waals surface area (Å²) in [5, 5.41) is 2.92. The summed E-state index contributed by atoms with van der Waals surface area (Å²) in [6.07, 6.45) is 0. The number of nitrogen functional groups attached to an aromatic ring is 1. The number of amides is 2. The van der Waals surface area contributed by atoms with Crippen LogP contribution in [0.5, 0.6) is 0 Å². The van der Waals surface area contributed by atoms with E-state index < -0.39 is 11.9 Å². The fourth-order valence-electron chi connectivity index (χ4n) is 2.11. The fraction of sp³-hybridized carbons (Fsp3) is 0.429. The van der Waals surface area contributed by atoms with Gasteiger partial charge in [-0.05, 0) is 25.1 Å². The molecule has 0 radical (unpaired) electrons. The van der Waals surface area contributed by atoms with Crippen LogP contribution in [0.1, 0.15) is 17.3 Å². The van der Waals surface area contributed by atoms with Crippen molar-refractivity contribution in [2.24, 2.45) is 0 Å². The Morgan fingerprint density at radius 2 is 2.00 bits per heavy atom. The average Bonchev–Trinajstić information content (AvgIpc) is 2.47. The van der Waals surface area contributed by atoms with Crippen molar-refractivity contribution >= 4 is 41.5 Å². The van der Waals surface area contributed by atoms with Crippen molar-refractivity contribution in [2.45, 2.75) is 13.0 Å². The third-order valence-corrected chi connectivity index (χ3v) is 3.59. The molecule has 22 heavy (non-hydrogen) atoms. The third-order valence-electron chi connectivity index (χ3n) is 3.28. The van der Waals surface area contributed by atoms with Crippen LogP contribution in [0.3, 0.4) is 0 Å². The molecule has 0 aliphatic carbocycles. The molecule has 8 heteroatoms. The molecule has 2 rings (SSSR count). The Bertz CT molecular complexity index is 548. The number of rotatable bonds is 3. The van der Waals surface area contributed by atoms with Crippen molar-refractivity contribution in [2.75, 3.05) is 32.0 Å². The van der Waals surface area contributed by atoms with E-state index in [0.717, 1.165) is 0 Å². The molecule has 122 valence electrons. The molecule has 1 aliphatic heterocycles. The minimum absolute atomic E-state index is 0. The molecule has 1 aromatic rings. The largest absolute Gasteiger partial charge is 0.399 e. The number of anilines is 1. The van der Waals surface area contributed by atoms with Gasteiger partial charge in [0, 0.05) is 18.8 Å². The predicted octanol–water partition coefficient (Wildman–Crippen LogP) is 1.32. The van der Waals surface area contributed by atoms with E-state index in [1.807, 2.05) is 0 Å². The summed E-state index contributed by atoms with van der Waals surface area (Å²) in [6, 6.07) is 4.02. The summed E-state index contributed by atoms with van der Waals surface area (Å²) in [4.78, 5) is 26.0. The summed E-state index contributed by atoms with van der Waals surface area (Å²) < 4.78 is 5.20. The van der Waals surface area contributed by atoms with Crippen molar-refractivity contribution < 1.29 is 14.3 Å². The molecule has 1 unspecified atom stereocenters. The number of morpholine rings is 1. The van der Waals surface area contributed by atoms with Gasteiger partial charge in [-0.15, -0.1) is 12.4 Å². The lowest BCUT2D eigenvalue weighted by molar-refractivity contribution is -0.136. The van der Waals surface area contributed by atoms with Gasteiger partial charge in [0.1, 0.15) is 6.04 Å². The zero-order valence-electron chi connectivity index (χ0n) is 12.2. The number of ether oxygens (including phenoxy) is 1. The Morgan fingerprint density at radius 3 is 2.59 bits per heavy atom. The van der Waals surface area contributed by atoms with Crippen LogP contribution < -0.4 is 11.1 Å². The van der Waals surface area contributed by atoms with Gasteiger partial charge in [0.25, 0.3) is 5.91 Å². The normalized spacial score (nSPS) is 15.6. The van der Waals surface area contributed by atoms with E-state index in [2.05, 4.69) is 5.32 Å². The van der Waals surface area contributed by atoms with Crippen LogP contribution in [0.25, 0.3) is 0 Å². The lowest BCUT2D eigenvalue weighted by atomic mass is 10.1. The third kappa shape index (κ3) is 4.50. The molecule has 0 spiro atoms. The summed E-state index contributed by atoms with van der Waals surface area (Å²) in [6.45, 7) is 3.79. The topological polar surface area (TPSA) is 84.7 Å². The van der Waals surface area contributed by atoms with Crippen LogP contribution in [0.2, 0.25) is 5.02 Å². The molecule has 1 aromatic carbocycles. The van der Waals surface area contributed by atoms with Crippen molar-refractivity contribution in [3.05, 3.63) is 28.8 Å². The maximum absolute atomic E-state index is 12.2. The minimum Gasteiger partial charge on any atom is -0.399 e. The number of benzene rings is 1. The number of carbonyl (C=O) groups is 2. The van der Waals surface area contributed by atoms with Crippen molar-refractivity contribution in [1.82, 2.24) is 10.2 Å². The number of hydrogen-bond donors (Lipinski definition) is 2. The Hall–Kier alpha value is -1.50. The summed E-state index contributed by atoms with van der Waals surface area (Å²) in [5.74, 6) is -0.521. The molecule has 0 saturated carbocycles. The molecule has 0 bridgehead atoms. The van der Waals surface area contributed by atoms with Gasteiger partial charge in [-0.2, -0.15) is 0 Å². The first-order chi connectivity index (χ1) is 9.99. The van der Waals surface area contributed by atoms with Crippen LogP contribution in [-0.2, 0) is 9.53 Å². The molecule has 3 N–H and O–H groups in total. The predicted molar refractivity (Wildman–Crippen MR) is 87.4 cm³/mol. The first-order valence-electron chi connectivity index (χ1n) is 6.71. The van der Waals surface area contributed by atoms with Gasteiger partial charge in [0.05, 0.1) is 23.8 Å². The number of nitrogens with one attached hydrogen (secondary N) is 1. The molecule has 1 aliphatic rings. The van der Waals surface area contributed by atoms with E-state index in [1.165, 1.54) is 6.07 Å². The lowest BCUT2D eigenvalue weighted by Gasteiger charge is -2.29. The van der Waals surface area contributed by atoms with Crippen molar-refractivity contribution in [3.8, 4) is 0 Å². The van der Waals surface area contributed by atoms with Crippen molar-refractivity contribution in [1.29, 1.82) is 0 Å². The Morgan fingerprint density at radius 1 is 1.36 bits per heavy atom. The van der Waals surface area contributed by atoms with Crippen LogP contribution >= 0.6 is 24.0 Å². The lowest BCUT2D eigenvalue weighted by Crippen LogP contribution is -2.50. The van der Waals surface area contributed by atoms with E-state index in [0.29, 0.717) is 37.6 Å². The second kappa shape index (κ2) is 8.22. The number of carbonyl (C=O) groups excluding carboxylic acids is 2. The number of nitrogens with zero attached hydrogens (tertiary/aromatic N) is 1. The number of hydrogen-bond acceptors (Lipinski definition) is 4. The van der Waals surface area contributed by atoms with Crippen LogP contribution in [0.4, 0.5) is 5.69 Å². The SMILES string of the molecule is CC(NC(=O)c1ccc(N)cc1Cl)C(=O)N1CCOCC1.Cl. The Kier molecular flexibility index (Phi) is 6.93. The molecule has 6 nitrogen and oxygen atoms in total. The molecule has 1 saturated heterocycles. The van der Waals surface area contributed by atoms with Crippen LogP contribution in [-0.4, -0.2) is 49.1 Å². The number of nitrogens with two attached hydrogens (primary N) is 1. The first-order valence-corrected chi connectivity index (χ1v) is 7.09. The van der Waals surface area contributed by atoms with Gasteiger partial charge in [0.2, 0.25) is 5.91 Å². The first kappa shape index (κ1) is 18.5. The highest BCUT2D eigenvalue weighted by Crippen LogP contribution is 2.19. The monoisotopic (exact) mass is 347 g/mol. The highest BCUT2D eigenvalue weighted by Gasteiger charge is 2.24. The summed E-state index contributed by atoms with van der Waals surface area (Å²) in [5.41, 5.74) is 6.37. The zero-order valence-corrected chi connectivity index (χ0v) is 13.7. The molecule has 1 atom stereocenters. The van der Waals surface area contributed by atoms with Gasteiger partial charge in [-0.3, -0.25) is 9.59 Å². The van der Waals surface area contributed by atoms with E-state index in [4.69, 9.17) is 22.1 Å². The van der Waals surface area contributed by atoms with Gasteiger partial charge in [-0.1, -0.05) is 11.6 Å². The van der Waals surface area contributed by atoms with Crippen LogP contribution in [0.15, 0.2) is 18.2 Å². The van der Waals surface area contributed by atoms with Gasteiger partial charge in [-0.25, -0.2) is 0 Å². The summed E-state index contributed by atoms with van der Waals surface area (Å²) in [7, 11) is 0. The highest BCUT2D eigenvalue weighted by atomic mass is 35.5. The maximum atomic E-state index is 12.2. The smallest absolute Gasteiger partial charge is 0.253 e. The van der Waals surface area contributed by atoms with Gasteiger partial charge >= 0.3 is 0 Å². The van der Waals surface area contributed by atoms with Gasteiger partial charge < -0.3 is 20.7 Å². The van der Waals surface area contributed by atoms with E-state index in [-0.39, 0.29) is 23.3 Å². The maximum Gasteiger partial charge on any atom is 0.253 e. The second-order valence-electron chi connectivity index (χ2n) is 4.87. The molecular weight excluding hydrogens is 329 g/mol. The average molecular weight is 348 g/mol. The van der Waals surface area contributed by atoms with Crippen molar-refractivity contribution in [3.63, 3.8) is 0 Å². The molecule has 1 heterocycles. The Balaban J connectivity index is 0.00000242. The minimum atomic E-state index is -0.621. The van der Waals surface area contributed by atoms with E-state index >= 15 is 0 Å². The van der Waals surface area contributed by atoms with E-state index in [9.17, 15) is 9.59 Å². The number of halogens is 2. The summed E-state index contributed by atoms with van der Waals surface area (Å²) >= 11 is 5.98. The molecule has 2 amide bonds. The second-order valence-corrected chi connectivity index (χ2v) is 5.28. The standard InChI is InChI=1S/C14H18ClN3O3.ClH/c1-9(14(20)18-4-6-21-7-5-18)17-13(19)11-3-2-10(16)8-12(11)15;/h2-3,8-9H,4-7,16H2,1H3,(H,17,19);1H. The van der Waals surface area contributed by atoms with Gasteiger partial charge in [0.15, 0.2) is 0 Å². The Labute approximate surface area is 140 Å². The van der Waals surface area contributed by atoms with Crippen LogP contribution in [0, 0.1) is 0 Å². The molecule has 1 fully saturated rings. The zero-order chi connectivity index (χ0) is 15.4. The van der Waals surface area contributed by atoms with E-state index in [1.54, 1.807) is 24.0 Å². The highest BCUT2D eigenvalue weighted by molar-refractivity contribution is 6.34.